The van der Waals surface area contributed by atoms with Gasteiger partial charge in [0, 0.05) is 48.2 Å². The Morgan fingerprint density at radius 1 is 1.17 bits per heavy atom. The lowest BCUT2D eigenvalue weighted by atomic mass is 10.2. The summed E-state index contributed by atoms with van der Waals surface area (Å²) in [6.07, 6.45) is 3.90. The van der Waals surface area contributed by atoms with Crippen LogP contribution < -0.4 is 5.32 Å². The van der Waals surface area contributed by atoms with E-state index in [4.69, 9.17) is 11.6 Å². The Bertz CT molecular complexity index is 834. The third-order valence-corrected chi connectivity index (χ3v) is 4.57. The standard InChI is InChI=1S/C18H22ClN5/c1-13-17(10-20-8-15-9-21-23(3)11-15)14(2)24(22-13)12-16-6-4-5-7-18(16)19/h4-7,9,11,20H,8,10,12H2,1-3H3. The lowest BCUT2D eigenvalue weighted by Gasteiger charge is -2.08. The molecule has 0 saturated heterocycles. The van der Waals surface area contributed by atoms with Gasteiger partial charge in [0.1, 0.15) is 0 Å². The van der Waals surface area contributed by atoms with Gasteiger partial charge >= 0.3 is 0 Å². The topological polar surface area (TPSA) is 47.7 Å². The van der Waals surface area contributed by atoms with Crippen molar-refractivity contribution in [2.75, 3.05) is 0 Å². The van der Waals surface area contributed by atoms with Crippen LogP contribution in [-0.4, -0.2) is 19.6 Å². The molecule has 1 aromatic carbocycles. The van der Waals surface area contributed by atoms with E-state index in [-0.39, 0.29) is 0 Å². The number of benzene rings is 1. The number of hydrogen-bond donors (Lipinski definition) is 1. The van der Waals surface area contributed by atoms with Crippen molar-refractivity contribution in [3.63, 3.8) is 0 Å². The minimum Gasteiger partial charge on any atom is -0.308 e. The van der Waals surface area contributed by atoms with Crippen molar-refractivity contribution in [1.82, 2.24) is 24.9 Å². The second-order valence-electron chi connectivity index (χ2n) is 6.02. The van der Waals surface area contributed by atoms with Gasteiger partial charge in [-0.1, -0.05) is 29.8 Å². The van der Waals surface area contributed by atoms with Gasteiger partial charge in [-0.3, -0.25) is 9.36 Å². The molecule has 24 heavy (non-hydrogen) atoms. The number of aryl methyl sites for hydroxylation is 2. The summed E-state index contributed by atoms with van der Waals surface area (Å²) in [5, 5.41) is 13.1. The lowest BCUT2D eigenvalue weighted by molar-refractivity contribution is 0.653. The molecule has 0 aliphatic rings. The average molecular weight is 344 g/mol. The van der Waals surface area contributed by atoms with Crippen LogP contribution in [0.4, 0.5) is 0 Å². The second-order valence-corrected chi connectivity index (χ2v) is 6.43. The zero-order valence-electron chi connectivity index (χ0n) is 14.3. The zero-order chi connectivity index (χ0) is 17.1. The zero-order valence-corrected chi connectivity index (χ0v) is 15.0. The molecule has 0 aliphatic heterocycles. The highest BCUT2D eigenvalue weighted by Crippen LogP contribution is 2.19. The minimum absolute atomic E-state index is 0.689. The van der Waals surface area contributed by atoms with Crippen LogP contribution in [0.2, 0.25) is 5.02 Å². The highest BCUT2D eigenvalue weighted by Gasteiger charge is 2.12. The Kier molecular flexibility index (Phi) is 5.02. The van der Waals surface area contributed by atoms with E-state index >= 15 is 0 Å². The summed E-state index contributed by atoms with van der Waals surface area (Å²) in [5.74, 6) is 0. The summed E-state index contributed by atoms with van der Waals surface area (Å²) in [6, 6.07) is 7.90. The first-order chi connectivity index (χ1) is 11.5. The van der Waals surface area contributed by atoms with Crippen molar-refractivity contribution in [3.8, 4) is 0 Å². The average Bonchev–Trinajstić information content (AvgIpc) is 3.08. The van der Waals surface area contributed by atoms with Crippen LogP contribution in [0.5, 0.6) is 0 Å². The Balaban J connectivity index is 1.68. The van der Waals surface area contributed by atoms with Gasteiger partial charge < -0.3 is 5.32 Å². The quantitative estimate of drug-likeness (QED) is 0.747. The van der Waals surface area contributed by atoms with Crippen molar-refractivity contribution in [2.45, 2.75) is 33.5 Å². The number of nitrogens with zero attached hydrogens (tertiary/aromatic N) is 4. The van der Waals surface area contributed by atoms with E-state index in [0.717, 1.165) is 29.4 Å². The highest BCUT2D eigenvalue weighted by molar-refractivity contribution is 6.31. The van der Waals surface area contributed by atoms with E-state index in [0.29, 0.717) is 6.54 Å². The maximum absolute atomic E-state index is 6.27. The predicted octanol–water partition coefficient (Wildman–Crippen LogP) is 3.22. The van der Waals surface area contributed by atoms with Crippen LogP contribution in [-0.2, 0) is 26.7 Å². The first-order valence-corrected chi connectivity index (χ1v) is 8.37. The van der Waals surface area contributed by atoms with Crippen LogP contribution in [0.15, 0.2) is 36.7 Å². The third-order valence-electron chi connectivity index (χ3n) is 4.20. The fraction of sp³-hybridized carbons (Fsp3) is 0.333. The molecule has 0 spiro atoms. The number of halogens is 1. The predicted molar refractivity (Wildman–Crippen MR) is 96.0 cm³/mol. The van der Waals surface area contributed by atoms with Gasteiger partial charge in [-0.15, -0.1) is 0 Å². The normalized spacial score (nSPS) is 11.2. The van der Waals surface area contributed by atoms with Gasteiger partial charge in [0.25, 0.3) is 0 Å². The van der Waals surface area contributed by atoms with Gasteiger partial charge in [0.2, 0.25) is 0 Å². The first kappa shape index (κ1) is 16.7. The maximum atomic E-state index is 6.27. The van der Waals surface area contributed by atoms with Gasteiger partial charge in [-0.05, 0) is 25.5 Å². The van der Waals surface area contributed by atoms with Crippen LogP contribution in [0, 0.1) is 13.8 Å². The smallest absolute Gasteiger partial charge is 0.0677 e. The fourth-order valence-electron chi connectivity index (χ4n) is 2.83. The lowest BCUT2D eigenvalue weighted by Crippen LogP contribution is -2.14. The van der Waals surface area contributed by atoms with Gasteiger partial charge in [-0.25, -0.2) is 0 Å². The summed E-state index contributed by atoms with van der Waals surface area (Å²) in [7, 11) is 1.93. The van der Waals surface area contributed by atoms with E-state index in [1.165, 1.54) is 16.8 Å². The minimum atomic E-state index is 0.689. The largest absolute Gasteiger partial charge is 0.308 e. The summed E-state index contributed by atoms with van der Waals surface area (Å²) >= 11 is 6.27. The van der Waals surface area contributed by atoms with Crippen molar-refractivity contribution < 1.29 is 0 Å². The molecule has 1 N–H and O–H groups in total. The van der Waals surface area contributed by atoms with E-state index in [1.807, 2.05) is 53.1 Å². The molecule has 0 radical (unpaired) electrons. The molecule has 126 valence electrons. The molecular formula is C18H22ClN5. The molecule has 5 nitrogen and oxygen atoms in total. The van der Waals surface area contributed by atoms with E-state index in [1.54, 1.807) is 0 Å². The van der Waals surface area contributed by atoms with Crippen molar-refractivity contribution in [3.05, 3.63) is 69.8 Å². The number of hydrogen-bond acceptors (Lipinski definition) is 3. The molecule has 0 atom stereocenters. The summed E-state index contributed by atoms with van der Waals surface area (Å²) in [5.41, 5.74) is 5.73. The van der Waals surface area contributed by atoms with Crippen LogP contribution in [0.25, 0.3) is 0 Å². The number of aromatic nitrogens is 4. The highest BCUT2D eigenvalue weighted by atomic mass is 35.5. The number of nitrogens with one attached hydrogen (secondary N) is 1. The van der Waals surface area contributed by atoms with E-state index in [2.05, 4.69) is 29.4 Å². The van der Waals surface area contributed by atoms with Crippen LogP contribution in [0.1, 0.15) is 28.1 Å². The molecule has 0 amide bonds. The SMILES string of the molecule is Cc1nn(Cc2ccccc2Cl)c(C)c1CNCc1cnn(C)c1. The monoisotopic (exact) mass is 343 g/mol. The molecular weight excluding hydrogens is 322 g/mol. The van der Waals surface area contributed by atoms with Crippen molar-refractivity contribution >= 4 is 11.6 Å². The molecule has 2 aromatic heterocycles. The molecule has 2 heterocycles. The van der Waals surface area contributed by atoms with E-state index in [9.17, 15) is 0 Å². The molecule has 0 aliphatic carbocycles. The van der Waals surface area contributed by atoms with Gasteiger partial charge in [-0.2, -0.15) is 10.2 Å². The van der Waals surface area contributed by atoms with Crippen molar-refractivity contribution in [2.24, 2.45) is 7.05 Å². The summed E-state index contributed by atoms with van der Waals surface area (Å²) in [6.45, 7) is 6.43. The fourth-order valence-corrected chi connectivity index (χ4v) is 3.02. The second kappa shape index (κ2) is 7.20. The van der Waals surface area contributed by atoms with Crippen LogP contribution in [0.3, 0.4) is 0 Å². The van der Waals surface area contributed by atoms with Crippen LogP contribution >= 0.6 is 11.6 Å². The molecule has 0 fully saturated rings. The Hall–Kier alpha value is -2.11. The molecule has 6 heteroatoms. The van der Waals surface area contributed by atoms with E-state index < -0.39 is 0 Å². The third kappa shape index (κ3) is 3.68. The molecule has 3 rings (SSSR count). The Morgan fingerprint density at radius 2 is 1.96 bits per heavy atom. The van der Waals surface area contributed by atoms with Gasteiger partial charge in [0.15, 0.2) is 0 Å². The molecule has 3 aromatic rings. The Morgan fingerprint density at radius 3 is 2.67 bits per heavy atom. The first-order valence-electron chi connectivity index (χ1n) is 7.99. The molecule has 0 saturated carbocycles. The van der Waals surface area contributed by atoms with Crippen molar-refractivity contribution in [1.29, 1.82) is 0 Å². The summed E-state index contributed by atoms with van der Waals surface area (Å²) in [4.78, 5) is 0. The summed E-state index contributed by atoms with van der Waals surface area (Å²) < 4.78 is 3.84. The Labute approximate surface area is 147 Å². The number of rotatable bonds is 6. The van der Waals surface area contributed by atoms with Gasteiger partial charge in [0.05, 0.1) is 18.4 Å². The molecule has 0 unspecified atom stereocenters. The maximum Gasteiger partial charge on any atom is 0.0677 e. The molecule has 0 bridgehead atoms.